The molecular weight excluding hydrogens is 278 g/mol. The Labute approximate surface area is 128 Å². The summed E-state index contributed by atoms with van der Waals surface area (Å²) in [5, 5.41) is 5.13. The average Bonchev–Trinajstić information content (AvgIpc) is 2.81. The normalized spacial score (nSPS) is 18.0. The van der Waals surface area contributed by atoms with Crippen LogP contribution in [-0.4, -0.2) is 21.8 Å². The molecule has 0 bridgehead atoms. The number of nitrogens with one attached hydrogen (secondary N) is 2. The fourth-order valence-corrected chi connectivity index (χ4v) is 3.83. The highest BCUT2D eigenvalue weighted by Crippen LogP contribution is 2.30. The number of anilines is 1. The van der Waals surface area contributed by atoms with E-state index in [0.717, 1.165) is 29.2 Å². The third kappa shape index (κ3) is 2.63. The van der Waals surface area contributed by atoms with Crippen LogP contribution in [0.4, 0.5) is 5.69 Å². The van der Waals surface area contributed by atoms with E-state index in [1.165, 1.54) is 17.7 Å². The number of aryl methyl sites for hydroxylation is 1. The average molecular weight is 295 g/mol. The quantitative estimate of drug-likeness (QED) is 0.748. The molecule has 1 aliphatic rings. The molecule has 1 unspecified atom stereocenters. The smallest absolute Gasteiger partial charge is 0.166 e. The van der Waals surface area contributed by atoms with Crippen LogP contribution in [0.3, 0.4) is 0 Å². The number of rotatable bonds is 2. The van der Waals surface area contributed by atoms with E-state index in [1.807, 2.05) is 23.9 Å². The maximum absolute atomic E-state index is 4.67. The molecule has 3 aromatic rings. The Hall–Kier alpha value is -1.94. The van der Waals surface area contributed by atoms with E-state index in [1.54, 1.807) is 0 Å². The van der Waals surface area contributed by atoms with Gasteiger partial charge in [0.25, 0.3) is 0 Å². The number of aromatic amines is 1. The first-order chi connectivity index (χ1) is 10.4. The van der Waals surface area contributed by atoms with E-state index in [-0.39, 0.29) is 0 Å². The lowest BCUT2D eigenvalue weighted by Crippen LogP contribution is -2.14. The van der Waals surface area contributed by atoms with Gasteiger partial charge in [-0.1, -0.05) is 42.1 Å². The van der Waals surface area contributed by atoms with Crippen molar-refractivity contribution in [3.8, 4) is 0 Å². The highest BCUT2D eigenvalue weighted by Gasteiger charge is 2.17. The van der Waals surface area contributed by atoms with Gasteiger partial charge in [0.2, 0.25) is 0 Å². The Bertz CT molecular complexity index is 705. The van der Waals surface area contributed by atoms with Crippen LogP contribution in [0.2, 0.25) is 0 Å². The molecule has 1 aliphatic heterocycles. The maximum Gasteiger partial charge on any atom is 0.166 e. The fourth-order valence-electron chi connectivity index (χ4n) is 2.80. The number of aromatic nitrogens is 2. The van der Waals surface area contributed by atoms with Gasteiger partial charge in [-0.05, 0) is 36.6 Å². The molecule has 0 saturated carbocycles. The van der Waals surface area contributed by atoms with Gasteiger partial charge in [0.05, 0.1) is 11.0 Å². The van der Waals surface area contributed by atoms with Crippen molar-refractivity contribution < 1.29 is 0 Å². The van der Waals surface area contributed by atoms with Crippen molar-refractivity contribution >= 4 is 28.5 Å². The highest BCUT2D eigenvalue weighted by molar-refractivity contribution is 7.99. The Balaban J connectivity index is 1.51. The number of para-hydroxylation sites is 3. The van der Waals surface area contributed by atoms with Crippen molar-refractivity contribution in [2.75, 3.05) is 11.9 Å². The minimum atomic E-state index is 0.540. The number of thioether (sulfide) groups is 1. The van der Waals surface area contributed by atoms with Crippen LogP contribution in [0.5, 0.6) is 0 Å². The first kappa shape index (κ1) is 12.8. The molecule has 0 amide bonds. The lowest BCUT2D eigenvalue weighted by Gasteiger charge is -2.12. The highest BCUT2D eigenvalue weighted by atomic mass is 32.2. The number of benzene rings is 2. The van der Waals surface area contributed by atoms with E-state index in [4.69, 9.17) is 0 Å². The summed E-state index contributed by atoms with van der Waals surface area (Å²) in [6.07, 6.45) is 2.30. The minimum Gasteiger partial charge on any atom is -0.384 e. The summed E-state index contributed by atoms with van der Waals surface area (Å²) in [6.45, 7) is 0.985. The van der Waals surface area contributed by atoms with E-state index in [0.29, 0.717) is 5.25 Å². The Kier molecular flexibility index (Phi) is 3.31. The zero-order valence-corrected chi connectivity index (χ0v) is 12.5. The van der Waals surface area contributed by atoms with Crippen LogP contribution >= 0.6 is 11.8 Å². The molecule has 4 heteroatoms. The van der Waals surface area contributed by atoms with Crippen LogP contribution < -0.4 is 5.32 Å². The topological polar surface area (TPSA) is 40.7 Å². The largest absolute Gasteiger partial charge is 0.384 e. The SMILES string of the molecule is c1ccc2c(c1)CCC(Sc1nc3ccccc3[nH]1)CN2. The van der Waals surface area contributed by atoms with Crippen LogP contribution in [0, 0.1) is 0 Å². The van der Waals surface area contributed by atoms with E-state index >= 15 is 0 Å². The summed E-state index contributed by atoms with van der Waals surface area (Å²) >= 11 is 1.85. The van der Waals surface area contributed by atoms with E-state index in [9.17, 15) is 0 Å². The fraction of sp³-hybridized carbons (Fsp3) is 0.235. The van der Waals surface area contributed by atoms with Crippen LogP contribution in [0.15, 0.2) is 53.7 Å². The molecule has 2 N–H and O–H groups in total. The lowest BCUT2D eigenvalue weighted by molar-refractivity contribution is 0.799. The molecule has 0 fully saturated rings. The molecular formula is C17H17N3S. The third-order valence-electron chi connectivity index (χ3n) is 3.92. The molecule has 21 heavy (non-hydrogen) atoms. The second-order valence-corrected chi connectivity index (χ2v) is 6.66. The Morgan fingerprint density at radius 2 is 1.90 bits per heavy atom. The molecule has 1 atom stereocenters. The van der Waals surface area contributed by atoms with Gasteiger partial charge in [0.15, 0.2) is 5.16 Å². The molecule has 106 valence electrons. The summed E-state index contributed by atoms with van der Waals surface area (Å²) in [5.41, 5.74) is 4.87. The van der Waals surface area contributed by atoms with Crippen molar-refractivity contribution in [1.82, 2.24) is 9.97 Å². The third-order valence-corrected chi connectivity index (χ3v) is 5.07. The number of H-pyrrole nitrogens is 1. The van der Waals surface area contributed by atoms with Gasteiger partial charge in [-0.15, -0.1) is 0 Å². The van der Waals surface area contributed by atoms with Crippen LogP contribution in [0.1, 0.15) is 12.0 Å². The Morgan fingerprint density at radius 3 is 2.86 bits per heavy atom. The summed E-state index contributed by atoms with van der Waals surface area (Å²) in [6, 6.07) is 16.8. The van der Waals surface area contributed by atoms with Gasteiger partial charge in [-0.3, -0.25) is 0 Å². The van der Waals surface area contributed by atoms with Gasteiger partial charge in [-0.25, -0.2) is 4.98 Å². The van der Waals surface area contributed by atoms with Gasteiger partial charge >= 0.3 is 0 Å². The van der Waals surface area contributed by atoms with Crippen molar-refractivity contribution in [3.05, 3.63) is 54.1 Å². The number of hydrogen-bond donors (Lipinski definition) is 2. The molecule has 3 nitrogen and oxygen atoms in total. The zero-order valence-electron chi connectivity index (χ0n) is 11.7. The summed E-state index contributed by atoms with van der Waals surface area (Å²) in [4.78, 5) is 8.07. The molecule has 0 spiro atoms. The number of imidazole rings is 1. The molecule has 2 heterocycles. The standard InChI is InChI=1S/C17H17N3S/c1-2-6-14-12(5-1)9-10-13(11-18-14)21-17-19-15-7-3-4-8-16(15)20-17/h1-8,13,18H,9-11H2,(H,19,20). The van der Waals surface area contributed by atoms with Crippen molar-refractivity contribution in [1.29, 1.82) is 0 Å². The van der Waals surface area contributed by atoms with E-state index < -0.39 is 0 Å². The van der Waals surface area contributed by atoms with Crippen molar-refractivity contribution in [3.63, 3.8) is 0 Å². The molecule has 0 radical (unpaired) electrons. The first-order valence-corrected chi connectivity index (χ1v) is 8.19. The lowest BCUT2D eigenvalue weighted by atomic mass is 10.1. The van der Waals surface area contributed by atoms with Crippen LogP contribution in [0.25, 0.3) is 11.0 Å². The first-order valence-electron chi connectivity index (χ1n) is 7.32. The molecule has 4 rings (SSSR count). The molecule has 2 aromatic carbocycles. The van der Waals surface area contributed by atoms with Gasteiger partial charge < -0.3 is 10.3 Å². The second-order valence-electron chi connectivity index (χ2n) is 5.38. The molecule has 0 saturated heterocycles. The minimum absolute atomic E-state index is 0.540. The van der Waals surface area contributed by atoms with Gasteiger partial charge in [0.1, 0.15) is 0 Å². The summed E-state index contributed by atoms with van der Waals surface area (Å²) in [7, 11) is 0. The zero-order chi connectivity index (χ0) is 14.1. The van der Waals surface area contributed by atoms with Gasteiger partial charge in [-0.2, -0.15) is 0 Å². The maximum atomic E-state index is 4.67. The molecule has 1 aromatic heterocycles. The monoisotopic (exact) mass is 295 g/mol. The van der Waals surface area contributed by atoms with E-state index in [2.05, 4.69) is 51.7 Å². The second kappa shape index (κ2) is 5.45. The number of hydrogen-bond acceptors (Lipinski definition) is 3. The Morgan fingerprint density at radius 1 is 1.05 bits per heavy atom. The number of fused-ring (bicyclic) bond motifs is 2. The molecule has 0 aliphatic carbocycles. The van der Waals surface area contributed by atoms with Crippen molar-refractivity contribution in [2.45, 2.75) is 23.2 Å². The number of nitrogens with zero attached hydrogens (tertiary/aromatic N) is 1. The van der Waals surface area contributed by atoms with Crippen molar-refractivity contribution in [2.24, 2.45) is 0 Å². The van der Waals surface area contributed by atoms with Crippen LogP contribution in [-0.2, 0) is 6.42 Å². The summed E-state index contributed by atoms with van der Waals surface area (Å²) < 4.78 is 0. The predicted octanol–water partition coefficient (Wildman–Crippen LogP) is 4.08. The van der Waals surface area contributed by atoms with Gasteiger partial charge in [0, 0.05) is 17.5 Å². The summed E-state index contributed by atoms with van der Waals surface area (Å²) in [5.74, 6) is 0. The predicted molar refractivity (Wildman–Crippen MR) is 89.0 cm³/mol.